The monoisotopic (exact) mass is 1360 g/mol. The summed E-state index contributed by atoms with van der Waals surface area (Å²) in [5.41, 5.74) is 0. The molecule has 0 aromatic heterocycles. The number of esters is 4. The molecule has 2 heterocycles. The van der Waals surface area contributed by atoms with Crippen molar-refractivity contribution in [1.82, 2.24) is 0 Å². The van der Waals surface area contributed by atoms with Crippen LogP contribution >= 0.6 is 0 Å². The summed E-state index contributed by atoms with van der Waals surface area (Å²) < 4.78 is 41.3. The Kier molecular flexibility index (Phi) is 50.5. The first kappa shape index (κ1) is 88.5. The van der Waals surface area contributed by atoms with Crippen LogP contribution in [0.4, 0.5) is 0 Å². The van der Waals surface area contributed by atoms with Gasteiger partial charge in [0.2, 0.25) is 5.79 Å². The highest BCUT2D eigenvalue weighted by molar-refractivity contribution is 5.73. The minimum atomic E-state index is -4.44. The number of carbonyl (C=O) groups excluding carboxylic acids is 4. The maximum absolute atomic E-state index is 14.6. The maximum Gasteiger partial charge on any atom is 0.409 e. The van der Waals surface area contributed by atoms with E-state index in [2.05, 4.69) is 27.7 Å². The van der Waals surface area contributed by atoms with Gasteiger partial charge in [-0.3, -0.25) is 28.7 Å². The fourth-order valence-electron chi connectivity index (χ4n) is 13.3. The third-order valence-corrected chi connectivity index (χ3v) is 19.5. The minimum Gasteiger partial charge on any atom is -0.423 e. The second kappa shape index (κ2) is 54.2. The lowest BCUT2D eigenvalue weighted by Gasteiger charge is -2.59. The average molecular weight is 1360 g/mol. The van der Waals surface area contributed by atoms with Crippen LogP contribution in [0.3, 0.4) is 0 Å². The summed E-state index contributed by atoms with van der Waals surface area (Å²) in [4.78, 5) is 57.8. The fraction of sp³-hybridized carbons (Fsp3) is 0.947. The quantitative estimate of drug-likeness (QED) is 0.0121. The smallest absolute Gasteiger partial charge is 0.409 e. The number of hydrogen-bond donors (Lipinski definition) is 8. The molecule has 95 heavy (non-hydrogen) atoms. The van der Waals surface area contributed by atoms with E-state index in [-0.39, 0.29) is 25.7 Å². The van der Waals surface area contributed by atoms with E-state index in [9.17, 15) is 60.0 Å². The maximum atomic E-state index is 14.6. The van der Waals surface area contributed by atoms with Crippen molar-refractivity contribution in [3.63, 3.8) is 0 Å². The van der Waals surface area contributed by atoms with Gasteiger partial charge in [-0.15, -0.1) is 0 Å². The van der Waals surface area contributed by atoms with Crippen molar-refractivity contribution in [1.29, 1.82) is 0 Å². The molecule has 2 fully saturated rings. The van der Waals surface area contributed by atoms with Gasteiger partial charge in [0.05, 0.1) is 13.2 Å². The molecule has 1 unspecified atom stereocenters. The highest BCUT2D eigenvalue weighted by Gasteiger charge is 2.89. The lowest BCUT2D eigenvalue weighted by atomic mass is 9.85. The normalized spacial score (nSPS) is 24.3. The number of aliphatic hydroxyl groups excluding tert-OH is 5. The molecule has 0 aromatic rings. The van der Waals surface area contributed by atoms with E-state index < -0.39 is 123 Å². The van der Waals surface area contributed by atoms with Gasteiger partial charge >= 0.3 is 47.2 Å². The van der Waals surface area contributed by atoms with Gasteiger partial charge < -0.3 is 64.5 Å². The number of ether oxygens (including phenoxy) is 7. The van der Waals surface area contributed by atoms with E-state index in [1.54, 1.807) is 0 Å². The van der Waals surface area contributed by atoms with Crippen LogP contribution in [0.5, 0.6) is 0 Å². The number of carbonyl (C=O) groups is 4. The molecular weight excluding hydrogens is 1220 g/mol. The van der Waals surface area contributed by atoms with E-state index >= 15 is 0 Å². The minimum absolute atomic E-state index is 0.140. The molecule has 0 bridgehead atoms. The van der Waals surface area contributed by atoms with Gasteiger partial charge in [-0.05, 0) is 25.7 Å². The van der Waals surface area contributed by atoms with Crippen molar-refractivity contribution in [3.05, 3.63) is 0 Å². The molecule has 9 atom stereocenters. The Bertz CT molecular complexity index is 1910. The predicted molar refractivity (Wildman–Crippen MR) is 370 cm³/mol. The topological polar surface area (TPSA) is 295 Å². The van der Waals surface area contributed by atoms with Gasteiger partial charge in [-0.1, -0.05) is 336 Å². The van der Waals surface area contributed by atoms with Crippen molar-refractivity contribution in [2.75, 3.05) is 19.8 Å². The Morgan fingerprint density at radius 3 is 0.832 bits per heavy atom. The highest BCUT2D eigenvalue weighted by atomic mass is 17.0. The summed E-state index contributed by atoms with van der Waals surface area (Å²) in [6, 6.07) is 0. The molecule has 0 aromatic carbocycles. The fourth-order valence-corrected chi connectivity index (χ4v) is 13.3. The van der Waals surface area contributed by atoms with Gasteiger partial charge in [0.15, 0.2) is 6.10 Å². The molecule has 19 heteroatoms. The first-order chi connectivity index (χ1) is 46.0. The van der Waals surface area contributed by atoms with Crippen molar-refractivity contribution < 1.29 is 93.2 Å². The first-order valence-corrected chi connectivity index (χ1v) is 39.3. The molecule has 0 spiro atoms. The van der Waals surface area contributed by atoms with Gasteiger partial charge in [0.25, 0.3) is 0 Å². The second-order valence-electron chi connectivity index (χ2n) is 28.0. The molecule has 2 rings (SSSR count). The average Bonchev–Trinajstić information content (AvgIpc) is 1.14. The van der Waals surface area contributed by atoms with E-state index in [0.29, 0.717) is 25.7 Å². The Morgan fingerprint density at radius 1 is 0.326 bits per heavy atom. The van der Waals surface area contributed by atoms with E-state index in [0.717, 1.165) is 128 Å². The van der Waals surface area contributed by atoms with Crippen LogP contribution < -0.4 is 0 Å². The zero-order chi connectivity index (χ0) is 69.8. The molecule has 0 amide bonds. The summed E-state index contributed by atoms with van der Waals surface area (Å²) in [5.74, 6) is -25.2. The molecule has 2 saturated heterocycles. The van der Waals surface area contributed by atoms with Gasteiger partial charge in [-0.25, -0.2) is 0 Å². The summed E-state index contributed by atoms with van der Waals surface area (Å²) in [6.45, 7) is 4.81. The molecular formula is C76H142O19. The molecule has 0 aliphatic carbocycles. The molecule has 560 valence electrons. The van der Waals surface area contributed by atoms with Crippen LogP contribution in [0.15, 0.2) is 0 Å². The first-order valence-electron chi connectivity index (χ1n) is 39.3. The summed E-state index contributed by atoms with van der Waals surface area (Å²) in [5, 5.41) is 95.9. The largest absolute Gasteiger partial charge is 0.423 e. The van der Waals surface area contributed by atoms with Crippen LogP contribution in [0.1, 0.15) is 387 Å². The van der Waals surface area contributed by atoms with Gasteiger partial charge in [0.1, 0.15) is 24.9 Å². The van der Waals surface area contributed by atoms with Crippen molar-refractivity contribution >= 4 is 23.9 Å². The number of rotatable bonds is 65. The van der Waals surface area contributed by atoms with Gasteiger partial charge in [0, 0.05) is 25.7 Å². The SMILES string of the molecule is CCCCCCCCCCCCCCCC(=O)O[C@@]1(OC2(CO)O[C@H](CO)[C@@H](O)[C@@H]2O)O[C@H](CO)[C@](O)(OC(=O)CCCCCCCCCCCCCCC)[C@@](O)(OC(=O)CCCCCCCCCCCCCCC)[C@]1(O)OC(=O)CCCCCCCCCCCCCCC. The third kappa shape index (κ3) is 33.6. The standard InChI is InChI=1S/C76H142O19/c1-5-9-13-17-21-25-29-33-37-41-45-49-53-57-66(80)91-73(86)65(62-78)90-76(95-72(63-79)71(85)70(84)64(61-77)89-72,94-69(83)60-56-52-48-44-40-36-32-28-24-20-16-12-8-4)75(88,93-68(82)59-55-51-47-43-39-35-31-27-23-19-15-11-7-3)74(73,87)92-67(81)58-54-50-46-42-38-34-30-26-22-18-14-10-6-2/h64-65,70-71,77-79,84-88H,5-63H2,1-4H3/t64-,65-,70-,71+,72?,73+,74-,75+,76+/m1/s1. The Balaban J connectivity index is 2.64. The second-order valence-corrected chi connectivity index (χ2v) is 28.0. The van der Waals surface area contributed by atoms with E-state index in [1.165, 1.54) is 154 Å². The Morgan fingerprint density at radius 2 is 0.579 bits per heavy atom. The van der Waals surface area contributed by atoms with Crippen LogP contribution in [-0.4, -0.2) is 138 Å². The lowest BCUT2D eigenvalue weighted by Crippen LogP contribution is -2.88. The van der Waals surface area contributed by atoms with Crippen LogP contribution in [-0.2, 0) is 52.3 Å². The number of unbranched alkanes of at least 4 members (excludes halogenated alkanes) is 48. The Hall–Kier alpha value is -2.56. The molecule has 0 radical (unpaired) electrons. The third-order valence-electron chi connectivity index (χ3n) is 19.5. The molecule has 0 saturated carbocycles. The summed E-state index contributed by atoms with van der Waals surface area (Å²) in [7, 11) is 0. The van der Waals surface area contributed by atoms with Crippen molar-refractivity contribution in [3.8, 4) is 0 Å². The molecule has 8 N–H and O–H groups in total. The molecule has 2 aliphatic heterocycles. The van der Waals surface area contributed by atoms with E-state index in [4.69, 9.17) is 33.2 Å². The van der Waals surface area contributed by atoms with Crippen molar-refractivity contribution in [2.45, 2.75) is 441 Å². The summed E-state index contributed by atoms with van der Waals surface area (Å²) >= 11 is 0. The van der Waals surface area contributed by atoms with Gasteiger partial charge in [-0.2, -0.15) is 0 Å². The Labute approximate surface area is 575 Å². The lowest BCUT2D eigenvalue weighted by molar-refractivity contribution is -0.615. The number of aliphatic hydroxyl groups is 8. The number of hydrogen-bond acceptors (Lipinski definition) is 19. The molecule has 2 aliphatic rings. The van der Waals surface area contributed by atoms with Crippen LogP contribution in [0.2, 0.25) is 0 Å². The summed E-state index contributed by atoms with van der Waals surface area (Å²) in [6.07, 6.45) is 40.6. The highest BCUT2D eigenvalue weighted by Crippen LogP contribution is 2.55. The zero-order valence-corrected chi connectivity index (χ0v) is 60.6. The van der Waals surface area contributed by atoms with Crippen molar-refractivity contribution in [2.24, 2.45) is 0 Å². The molecule has 19 nitrogen and oxygen atoms in total. The van der Waals surface area contributed by atoms with E-state index in [1.807, 2.05) is 0 Å². The zero-order valence-electron chi connectivity index (χ0n) is 60.6. The predicted octanol–water partition coefficient (Wildman–Crippen LogP) is 16.0. The van der Waals surface area contributed by atoms with Crippen LogP contribution in [0.25, 0.3) is 0 Å². The van der Waals surface area contributed by atoms with Crippen LogP contribution in [0, 0.1) is 0 Å².